The number of piperidine rings is 1. The van der Waals surface area contributed by atoms with Crippen LogP contribution in [0.15, 0.2) is 42.5 Å². The normalized spacial score (nSPS) is 14.5. The zero-order valence-corrected chi connectivity index (χ0v) is 20.3. The van der Waals surface area contributed by atoms with Gasteiger partial charge in [0.25, 0.3) is 0 Å². The standard InChI is InChI=1S/C23H26Cl2N4O2S/c1-2-30-19-9-7-18(8-10-19)29-22(15-31-21-11-6-17(24)14-20(21)25)26-28(23(29)32)16-27-12-4-3-5-13-27/h6-11,14H,2-5,12-13,15-16H2,1H3. The van der Waals surface area contributed by atoms with Gasteiger partial charge in [0, 0.05) is 5.02 Å². The Morgan fingerprint density at radius 2 is 1.75 bits per heavy atom. The lowest BCUT2D eigenvalue weighted by molar-refractivity contribution is 0.171. The van der Waals surface area contributed by atoms with Gasteiger partial charge in [0.2, 0.25) is 4.77 Å². The Morgan fingerprint density at radius 3 is 2.44 bits per heavy atom. The number of halogens is 2. The monoisotopic (exact) mass is 492 g/mol. The fraction of sp³-hybridized carbons (Fsp3) is 0.391. The molecule has 170 valence electrons. The molecule has 2 heterocycles. The number of rotatable bonds is 8. The highest BCUT2D eigenvalue weighted by atomic mass is 35.5. The number of hydrogen-bond donors (Lipinski definition) is 0. The molecule has 0 atom stereocenters. The predicted molar refractivity (Wildman–Crippen MR) is 130 cm³/mol. The van der Waals surface area contributed by atoms with Gasteiger partial charge in [-0.2, -0.15) is 5.10 Å². The van der Waals surface area contributed by atoms with E-state index in [1.54, 1.807) is 18.2 Å². The lowest BCUT2D eigenvalue weighted by Gasteiger charge is -2.25. The number of ether oxygens (including phenoxy) is 2. The summed E-state index contributed by atoms with van der Waals surface area (Å²) in [5.74, 6) is 2.06. The molecule has 4 rings (SSSR count). The third kappa shape index (κ3) is 5.46. The summed E-state index contributed by atoms with van der Waals surface area (Å²) in [6.45, 7) is 5.58. The lowest BCUT2D eigenvalue weighted by atomic mass is 10.1. The molecule has 1 aliphatic rings. The quantitative estimate of drug-likeness (QED) is 0.353. The summed E-state index contributed by atoms with van der Waals surface area (Å²) >= 11 is 18.1. The van der Waals surface area contributed by atoms with Crippen molar-refractivity contribution < 1.29 is 9.47 Å². The number of likely N-dealkylation sites (tertiary alicyclic amines) is 1. The van der Waals surface area contributed by atoms with Crippen LogP contribution in [0.1, 0.15) is 32.0 Å². The molecule has 0 saturated carbocycles. The van der Waals surface area contributed by atoms with Crippen LogP contribution in [0.5, 0.6) is 11.5 Å². The SMILES string of the molecule is CCOc1ccc(-n2c(COc3ccc(Cl)cc3Cl)nn(CN3CCCCC3)c2=S)cc1. The first kappa shape index (κ1) is 23.1. The third-order valence-electron chi connectivity index (χ3n) is 5.35. The van der Waals surface area contributed by atoms with Crippen molar-refractivity contribution in [2.24, 2.45) is 0 Å². The predicted octanol–water partition coefficient (Wildman–Crippen LogP) is 6.13. The maximum absolute atomic E-state index is 6.28. The van der Waals surface area contributed by atoms with Gasteiger partial charge in [0.05, 0.1) is 24.0 Å². The molecule has 0 aliphatic carbocycles. The number of aromatic nitrogens is 3. The highest BCUT2D eigenvalue weighted by molar-refractivity contribution is 7.71. The highest BCUT2D eigenvalue weighted by Crippen LogP contribution is 2.28. The van der Waals surface area contributed by atoms with Crippen molar-refractivity contribution in [3.63, 3.8) is 0 Å². The van der Waals surface area contributed by atoms with Crippen LogP contribution in [0.25, 0.3) is 5.69 Å². The Balaban J connectivity index is 1.64. The molecule has 1 aliphatic heterocycles. The lowest BCUT2D eigenvalue weighted by Crippen LogP contribution is -2.32. The Bertz CT molecular complexity index is 1110. The van der Waals surface area contributed by atoms with Gasteiger partial charge in [-0.05, 0) is 87.5 Å². The van der Waals surface area contributed by atoms with Crippen molar-refractivity contribution in [1.29, 1.82) is 0 Å². The molecule has 0 unspecified atom stereocenters. The van der Waals surface area contributed by atoms with E-state index < -0.39 is 0 Å². The topological polar surface area (TPSA) is 44.5 Å². The van der Waals surface area contributed by atoms with Crippen molar-refractivity contribution in [3.05, 3.63) is 63.1 Å². The molecule has 0 spiro atoms. The molecule has 0 bridgehead atoms. The molecule has 32 heavy (non-hydrogen) atoms. The van der Waals surface area contributed by atoms with E-state index in [0.717, 1.165) is 24.5 Å². The minimum absolute atomic E-state index is 0.213. The summed E-state index contributed by atoms with van der Waals surface area (Å²) in [4.78, 5) is 2.38. The van der Waals surface area contributed by atoms with Crippen LogP contribution in [0, 0.1) is 4.77 Å². The van der Waals surface area contributed by atoms with E-state index in [1.165, 1.54) is 19.3 Å². The van der Waals surface area contributed by atoms with E-state index >= 15 is 0 Å². The van der Waals surface area contributed by atoms with Gasteiger partial charge in [0.1, 0.15) is 18.1 Å². The maximum atomic E-state index is 6.28. The minimum Gasteiger partial charge on any atom is -0.494 e. The second-order valence-electron chi connectivity index (χ2n) is 7.64. The van der Waals surface area contributed by atoms with Crippen LogP contribution in [-0.2, 0) is 13.3 Å². The summed E-state index contributed by atoms with van der Waals surface area (Å²) < 4.78 is 16.0. The van der Waals surface area contributed by atoms with Gasteiger partial charge in [0.15, 0.2) is 5.82 Å². The van der Waals surface area contributed by atoms with Crippen LogP contribution < -0.4 is 9.47 Å². The van der Waals surface area contributed by atoms with Crippen molar-refractivity contribution in [2.45, 2.75) is 39.5 Å². The van der Waals surface area contributed by atoms with Gasteiger partial charge < -0.3 is 9.47 Å². The van der Waals surface area contributed by atoms with E-state index in [2.05, 4.69) is 4.90 Å². The molecule has 2 aromatic carbocycles. The average molecular weight is 493 g/mol. The smallest absolute Gasteiger partial charge is 0.203 e. The molecule has 1 fully saturated rings. The molecule has 0 amide bonds. The van der Waals surface area contributed by atoms with Crippen molar-refractivity contribution >= 4 is 35.4 Å². The fourth-order valence-electron chi connectivity index (χ4n) is 3.78. The van der Waals surface area contributed by atoms with E-state index in [4.69, 9.17) is 50.0 Å². The van der Waals surface area contributed by atoms with Gasteiger partial charge in [-0.15, -0.1) is 0 Å². The van der Waals surface area contributed by atoms with E-state index in [-0.39, 0.29) is 6.61 Å². The first-order chi connectivity index (χ1) is 15.5. The first-order valence-corrected chi connectivity index (χ1v) is 11.9. The molecule has 1 saturated heterocycles. The Hall–Kier alpha value is -2.06. The summed E-state index contributed by atoms with van der Waals surface area (Å²) in [6, 6.07) is 13.0. The Kier molecular flexibility index (Phi) is 7.73. The summed E-state index contributed by atoms with van der Waals surface area (Å²) in [5, 5.41) is 5.83. The second kappa shape index (κ2) is 10.7. The fourth-order valence-corrected chi connectivity index (χ4v) is 4.55. The number of hydrogen-bond acceptors (Lipinski definition) is 5. The Labute approximate surface area is 203 Å². The molecular weight excluding hydrogens is 467 g/mol. The number of nitrogens with zero attached hydrogens (tertiary/aromatic N) is 4. The molecule has 0 N–H and O–H groups in total. The Morgan fingerprint density at radius 1 is 1.00 bits per heavy atom. The molecule has 9 heteroatoms. The van der Waals surface area contributed by atoms with Crippen LogP contribution in [-0.4, -0.2) is 38.9 Å². The zero-order valence-electron chi connectivity index (χ0n) is 18.0. The van der Waals surface area contributed by atoms with Crippen molar-refractivity contribution in [2.75, 3.05) is 19.7 Å². The van der Waals surface area contributed by atoms with Crippen molar-refractivity contribution in [1.82, 2.24) is 19.2 Å². The average Bonchev–Trinajstić information content (AvgIpc) is 3.09. The first-order valence-electron chi connectivity index (χ1n) is 10.8. The van der Waals surface area contributed by atoms with Gasteiger partial charge >= 0.3 is 0 Å². The molecule has 6 nitrogen and oxygen atoms in total. The largest absolute Gasteiger partial charge is 0.494 e. The molecule has 1 aromatic heterocycles. The maximum Gasteiger partial charge on any atom is 0.203 e. The van der Waals surface area contributed by atoms with E-state index in [0.29, 0.717) is 39.7 Å². The van der Waals surface area contributed by atoms with E-state index in [9.17, 15) is 0 Å². The summed E-state index contributed by atoms with van der Waals surface area (Å²) in [5.41, 5.74) is 0.907. The van der Waals surface area contributed by atoms with Crippen LogP contribution in [0.2, 0.25) is 10.0 Å². The minimum atomic E-state index is 0.213. The van der Waals surface area contributed by atoms with Crippen LogP contribution >= 0.6 is 35.4 Å². The van der Waals surface area contributed by atoms with Crippen LogP contribution in [0.3, 0.4) is 0 Å². The molecule has 0 radical (unpaired) electrons. The molecule has 3 aromatic rings. The number of benzene rings is 2. The van der Waals surface area contributed by atoms with Crippen molar-refractivity contribution in [3.8, 4) is 17.2 Å². The summed E-state index contributed by atoms with van der Waals surface area (Å²) in [7, 11) is 0. The highest BCUT2D eigenvalue weighted by Gasteiger charge is 2.17. The van der Waals surface area contributed by atoms with E-state index in [1.807, 2.05) is 40.4 Å². The molecular formula is C23H26Cl2N4O2S. The third-order valence-corrected chi connectivity index (χ3v) is 6.27. The van der Waals surface area contributed by atoms with Gasteiger partial charge in [-0.1, -0.05) is 29.6 Å². The second-order valence-corrected chi connectivity index (χ2v) is 8.85. The zero-order chi connectivity index (χ0) is 22.5. The summed E-state index contributed by atoms with van der Waals surface area (Å²) in [6.07, 6.45) is 3.69. The van der Waals surface area contributed by atoms with Gasteiger partial charge in [-0.25, -0.2) is 4.68 Å². The van der Waals surface area contributed by atoms with Gasteiger partial charge in [-0.3, -0.25) is 9.47 Å². The van der Waals surface area contributed by atoms with Crippen LogP contribution in [0.4, 0.5) is 0 Å².